The summed E-state index contributed by atoms with van der Waals surface area (Å²) in [5, 5.41) is 4.09. The number of fused-ring (bicyclic) bond motifs is 1. The first-order chi connectivity index (χ1) is 14.3. The van der Waals surface area contributed by atoms with Crippen LogP contribution in [0.2, 0.25) is 5.02 Å². The molecule has 4 rings (SSSR count). The summed E-state index contributed by atoms with van der Waals surface area (Å²) in [6, 6.07) is 12.0. The van der Waals surface area contributed by atoms with Gasteiger partial charge < -0.3 is 4.57 Å². The number of nitrogens with zero attached hydrogens (tertiary/aromatic N) is 4. The van der Waals surface area contributed by atoms with Gasteiger partial charge in [-0.25, -0.2) is 9.97 Å². The Labute approximate surface area is 188 Å². The molecule has 2 heterocycles. The van der Waals surface area contributed by atoms with Gasteiger partial charge in [-0.1, -0.05) is 41.6 Å². The quantitative estimate of drug-likeness (QED) is 0.332. The molecule has 30 heavy (non-hydrogen) atoms. The number of rotatable bonds is 5. The summed E-state index contributed by atoms with van der Waals surface area (Å²) in [7, 11) is 2.02. The van der Waals surface area contributed by atoms with Gasteiger partial charge in [-0.15, -0.1) is 11.3 Å². The van der Waals surface area contributed by atoms with Gasteiger partial charge in [0.2, 0.25) is 5.91 Å². The van der Waals surface area contributed by atoms with Crippen molar-refractivity contribution in [1.29, 1.82) is 0 Å². The molecule has 0 unspecified atom stereocenters. The number of benzene rings is 2. The van der Waals surface area contributed by atoms with Crippen molar-refractivity contribution >= 4 is 62.5 Å². The number of halogens is 1. The molecule has 0 saturated heterocycles. The minimum absolute atomic E-state index is 0.118. The first kappa shape index (κ1) is 20.9. The predicted molar refractivity (Wildman–Crippen MR) is 126 cm³/mol. The van der Waals surface area contributed by atoms with Gasteiger partial charge in [0.25, 0.3) is 0 Å². The van der Waals surface area contributed by atoms with Crippen molar-refractivity contribution < 1.29 is 4.79 Å². The van der Waals surface area contributed by atoms with Gasteiger partial charge in [0.15, 0.2) is 10.3 Å². The van der Waals surface area contributed by atoms with E-state index >= 15 is 0 Å². The number of thioether (sulfide) groups is 1. The molecule has 5 nitrogen and oxygen atoms in total. The minimum Gasteiger partial charge on any atom is -0.322 e. The molecule has 0 aliphatic rings. The van der Waals surface area contributed by atoms with Crippen LogP contribution in [0.15, 0.2) is 46.9 Å². The third-order valence-electron chi connectivity index (χ3n) is 4.76. The molecule has 2 aromatic heterocycles. The predicted octanol–water partition coefficient (Wildman–Crippen LogP) is 6.28. The van der Waals surface area contributed by atoms with E-state index in [9.17, 15) is 4.79 Å². The summed E-state index contributed by atoms with van der Waals surface area (Å²) in [4.78, 5) is 23.5. The monoisotopic (exact) mass is 456 g/mol. The number of para-hydroxylation sites is 2. The highest BCUT2D eigenvalue weighted by atomic mass is 35.5. The second-order valence-corrected chi connectivity index (χ2v) is 9.31. The zero-order chi connectivity index (χ0) is 21.4. The van der Waals surface area contributed by atoms with Crippen LogP contribution in [-0.4, -0.2) is 20.4 Å². The van der Waals surface area contributed by atoms with E-state index in [0.717, 1.165) is 33.0 Å². The molecular weight excluding hydrogens is 436 g/mol. The molecule has 8 heteroatoms. The van der Waals surface area contributed by atoms with E-state index in [0.29, 0.717) is 21.6 Å². The molecule has 0 radical (unpaired) electrons. The average molecular weight is 457 g/mol. The zero-order valence-electron chi connectivity index (χ0n) is 17.1. The summed E-state index contributed by atoms with van der Waals surface area (Å²) in [6.45, 7) is 5.48. The molecule has 0 atom stereocenters. The van der Waals surface area contributed by atoms with E-state index in [-0.39, 0.29) is 5.91 Å². The SMILES string of the molecule is CC(=O)N(c1nc(CSc2nc3ccccc3n2C)cs1)c1c(C)cc(C)cc1Cl. The van der Waals surface area contributed by atoms with Crippen LogP contribution in [0.25, 0.3) is 11.0 Å². The van der Waals surface area contributed by atoms with Gasteiger partial charge in [-0.3, -0.25) is 9.69 Å². The maximum Gasteiger partial charge on any atom is 0.230 e. The highest BCUT2D eigenvalue weighted by molar-refractivity contribution is 7.98. The lowest BCUT2D eigenvalue weighted by Gasteiger charge is -2.22. The number of carbonyl (C=O) groups excluding carboxylic acids is 1. The normalized spacial score (nSPS) is 11.2. The van der Waals surface area contributed by atoms with Crippen molar-refractivity contribution in [2.75, 3.05) is 4.90 Å². The molecule has 154 valence electrons. The highest BCUT2D eigenvalue weighted by Gasteiger charge is 2.23. The Balaban J connectivity index is 1.59. The number of hydrogen-bond donors (Lipinski definition) is 0. The summed E-state index contributed by atoms with van der Waals surface area (Å²) < 4.78 is 2.09. The van der Waals surface area contributed by atoms with E-state index < -0.39 is 0 Å². The number of amides is 1. The number of thiazole rings is 1. The van der Waals surface area contributed by atoms with Crippen LogP contribution in [-0.2, 0) is 17.6 Å². The third kappa shape index (κ3) is 3.97. The Kier molecular flexibility index (Phi) is 5.86. The van der Waals surface area contributed by atoms with Gasteiger partial charge in [-0.2, -0.15) is 0 Å². The fourth-order valence-corrected chi connectivity index (χ4v) is 5.70. The third-order valence-corrected chi connectivity index (χ3v) is 6.99. The van der Waals surface area contributed by atoms with Crippen molar-refractivity contribution in [2.24, 2.45) is 7.05 Å². The summed E-state index contributed by atoms with van der Waals surface area (Å²) in [6.07, 6.45) is 0. The van der Waals surface area contributed by atoms with Crippen LogP contribution < -0.4 is 4.90 Å². The van der Waals surface area contributed by atoms with Crippen LogP contribution >= 0.6 is 34.7 Å². The first-order valence-corrected chi connectivity index (χ1v) is 11.7. The lowest BCUT2D eigenvalue weighted by Crippen LogP contribution is -2.24. The summed E-state index contributed by atoms with van der Waals surface area (Å²) in [5.74, 6) is 0.549. The van der Waals surface area contributed by atoms with Crippen LogP contribution in [0, 0.1) is 13.8 Å². The number of carbonyl (C=O) groups is 1. The van der Waals surface area contributed by atoms with Gasteiger partial charge in [0.1, 0.15) is 0 Å². The molecule has 0 fully saturated rings. The van der Waals surface area contributed by atoms with E-state index in [1.165, 1.54) is 18.3 Å². The number of aryl methyl sites for hydroxylation is 3. The van der Waals surface area contributed by atoms with Crippen LogP contribution in [0.5, 0.6) is 0 Å². The molecule has 0 aliphatic heterocycles. The van der Waals surface area contributed by atoms with E-state index in [1.54, 1.807) is 16.7 Å². The highest BCUT2D eigenvalue weighted by Crippen LogP contribution is 2.38. The lowest BCUT2D eigenvalue weighted by molar-refractivity contribution is -0.115. The van der Waals surface area contributed by atoms with Crippen molar-refractivity contribution in [3.8, 4) is 0 Å². The Morgan fingerprint density at radius 1 is 1.23 bits per heavy atom. The number of aromatic nitrogens is 3. The Morgan fingerprint density at radius 3 is 2.70 bits per heavy atom. The molecule has 0 aliphatic carbocycles. The first-order valence-electron chi connectivity index (χ1n) is 9.41. The van der Waals surface area contributed by atoms with Crippen LogP contribution in [0.4, 0.5) is 10.8 Å². The van der Waals surface area contributed by atoms with Crippen molar-refractivity contribution in [3.05, 3.63) is 63.6 Å². The molecule has 1 amide bonds. The maximum absolute atomic E-state index is 12.5. The zero-order valence-corrected chi connectivity index (χ0v) is 19.5. The Morgan fingerprint density at radius 2 is 2.00 bits per heavy atom. The average Bonchev–Trinajstić information content (AvgIpc) is 3.27. The van der Waals surface area contributed by atoms with Crippen molar-refractivity contribution in [1.82, 2.24) is 14.5 Å². The summed E-state index contributed by atoms with van der Waals surface area (Å²) in [5.41, 5.74) is 5.68. The number of anilines is 2. The van der Waals surface area contributed by atoms with E-state index in [1.807, 2.05) is 56.6 Å². The fraction of sp³-hybridized carbons (Fsp3) is 0.227. The molecule has 0 saturated carbocycles. The second kappa shape index (κ2) is 8.41. The number of hydrogen-bond acceptors (Lipinski definition) is 5. The van der Waals surface area contributed by atoms with Gasteiger partial charge in [-0.05, 0) is 43.2 Å². The van der Waals surface area contributed by atoms with Gasteiger partial charge in [0.05, 0.1) is 27.4 Å². The molecule has 0 bridgehead atoms. The summed E-state index contributed by atoms with van der Waals surface area (Å²) >= 11 is 9.57. The topological polar surface area (TPSA) is 51.0 Å². The minimum atomic E-state index is -0.118. The smallest absolute Gasteiger partial charge is 0.230 e. The van der Waals surface area contributed by atoms with Crippen LogP contribution in [0.3, 0.4) is 0 Å². The molecule has 0 spiro atoms. The number of imidazole rings is 1. The van der Waals surface area contributed by atoms with Gasteiger partial charge in [0, 0.05) is 25.1 Å². The molecule has 2 aromatic carbocycles. The standard InChI is InChI=1S/C22H21ClN4OS2/c1-13-9-14(2)20(17(23)10-13)27(15(3)28)22-24-16(12-30-22)11-29-21-25-18-7-5-6-8-19(18)26(21)4/h5-10,12H,11H2,1-4H3. The van der Waals surface area contributed by atoms with Crippen molar-refractivity contribution in [3.63, 3.8) is 0 Å². The molecule has 4 aromatic rings. The Bertz CT molecular complexity index is 1220. The largest absolute Gasteiger partial charge is 0.322 e. The second-order valence-electron chi connectivity index (χ2n) is 7.12. The lowest BCUT2D eigenvalue weighted by atomic mass is 10.1. The van der Waals surface area contributed by atoms with Crippen LogP contribution in [0.1, 0.15) is 23.7 Å². The maximum atomic E-state index is 12.5. The van der Waals surface area contributed by atoms with E-state index in [4.69, 9.17) is 21.6 Å². The fourth-order valence-electron chi connectivity index (χ4n) is 3.44. The molecular formula is C22H21ClN4OS2. The molecule has 0 N–H and O–H groups in total. The Hall–Kier alpha value is -2.35. The van der Waals surface area contributed by atoms with Crippen molar-refractivity contribution in [2.45, 2.75) is 31.7 Å². The van der Waals surface area contributed by atoms with E-state index in [2.05, 4.69) is 10.6 Å². The van der Waals surface area contributed by atoms with Gasteiger partial charge >= 0.3 is 0 Å².